The zero-order valence-electron chi connectivity index (χ0n) is 15.5. The number of hydrogen-bond donors (Lipinski definition) is 4. The van der Waals surface area contributed by atoms with E-state index in [-0.39, 0.29) is 12.7 Å². The van der Waals surface area contributed by atoms with Crippen LogP contribution >= 0.6 is 0 Å². The van der Waals surface area contributed by atoms with Gasteiger partial charge in [-0.3, -0.25) is 9.11 Å². The second-order valence-corrected chi connectivity index (χ2v) is 8.52. The largest absolute Gasteiger partial charge is 0.449 e. The van der Waals surface area contributed by atoms with Gasteiger partial charge < -0.3 is 10.2 Å². The Bertz CT molecular complexity index is 744. The minimum absolute atomic E-state index is 0.0810. The summed E-state index contributed by atoms with van der Waals surface area (Å²) in [5.41, 5.74) is 0. The first kappa shape index (κ1) is 37.3. The van der Waals surface area contributed by atoms with E-state index in [9.17, 15) is 78.3 Å². The van der Waals surface area contributed by atoms with Crippen molar-refractivity contribution in [1.29, 1.82) is 0 Å². The molecule has 0 bridgehead atoms. The third kappa shape index (κ3) is 8.76. The third-order valence-corrected chi connectivity index (χ3v) is 5.06. The molecular weight excluding hydrogens is 578 g/mol. The highest BCUT2D eigenvalue weighted by Gasteiger charge is 2.81. The SMILES string of the molecule is CC(O)CCO.O=S(=O)(O)C(F)(C(F)(F)F)C(F)(F)F.O=S(=O)(O)C(F)(C(F)(F)F)C(F)(F)F. The summed E-state index contributed by atoms with van der Waals surface area (Å²) < 4.78 is 216. The van der Waals surface area contributed by atoms with Gasteiger partial charge in [0.2, 0.25) is 0 Å². The molecule has 0 saturated heterocycles. The summed E-state index contributed by atoms with van der Waals surface area (Å²) in [6.45, 7) is 1.73. The maximum absolute atomic E-state index is 12.2. The van der Waals surface area contributed by atoms with Crippen LogP contribution in [0.3, 0.4) is 0 Å². The highest BCUT2D eigenvalue weighted by Crippen LogP contribution is 2.50. The van der Waals surface area contributed by atoms with Crippen LogP contribution in [0.2, 0.25) is 0 Å². The molecule has 0 aliphatic heterocycles. The van der Waals surface area contributed by atoms with E-state index in [1.807, 2.05) is 0 Å². The molecule has 0 aliphatic carbocycles. The maximum Gasteiger partial charge on any atom is 0.449 e. The summed E-state index contributed by atoms with van der Waals surface area (Å²) in [4.78, 5) is 0. The van der Waals surface area contributed by atoms with Crippen LogP contribution in [0.1, 0.15) is 13.3 Å². The molecule has 24 heteroatoms. The Morgan fingerprint density at radius 1 is 0.588 bits per heavy atom. The lowest BCUT2D eigenvalue weighted by molar-refractivity contribution is -0.308. The van der Waals surface area contributed by atoms with E-state index in [1.54, 1.807) is 6.92 Å². The molecule has 0 amide bonds. The average molecular weight is 590 g/mol. The zero-order valence-corrected chi connectivity index (χ0v) is 17.2. The van der Waals surface area contributed by atoms with Gasteiger partial charge in [0.1, 0.15) is 0 Å². The van der Waals surface area contributed by atoms with Crippen molar-refractivity contribution in [3.63, 3.8) is 0 Å². The minimum Gasteiger partial charge on any atom is -0.396 e. The van der Waals surface area contributed by atoms with Crippen LogP contribution < -0.4 is 0 Å². The lowest BCUT2D eigenvalue weighted by Crippen LogP contribution is -2.58. The van der Waals surface area contributed by atoms with Crippen molar-refractivity contribution in [2.24, 2.45) is 0 Å². The normalized spacial score (nSPS) is 15.5. The summed E-state index contributed by atoms with van der Waals surface area (Å²) in [6, 6.07) is 0. The Morgan fingerprint density at radius 2 is 0.765 bits per heavy atom. The number of aliphatic hydroxyl groups is 2. The highest BCUT2D eigenvalue weighted by atomic mass is 32.2. The predicted octanol–water partition coefficient (Wildman–Crippen LogP) is 3.08. The van der Waals surface area contributed by atoms with Crippen LogP contribution in [-0.4, -0.2) is 83.6 Å². The van der Waals surface area contributed by atoms with E-state index >= 15 is 0 Å². The fraction of sp³-hybridized carbons (Fsp3) is 1.00. The van der Waals surface area contributed by atoms with E-state index in [4.69, 9.17) is 19.3 Å². The van der Waals surface area contributed by atoms with Crippen LogP contribution in [0.5, 0.6) is 0 Å². The van der Waals surface area contributed by atoms with Gasteiger partial charge in [-0.1, -0.05) is 0 Å². The summed E-state index contributed by atoms with van der Waals surface area (Å²) in [5.74, 6) is 0. The van der Waals surface area contributed by atoms with Crippen molar-refractivity contribution < 1.29 is 97.6 Å². The van der Waals surface area contributed by atoms with E-state index in [1.165, 1.54) is 0 Å². The molecule has 0 aromatic carbocycles. The molecule has 0 aromatic rings. The predicted molar refractivity (Wildman–Crippen MR) is 78.4 cm³/mol. The standard InChI is InChI=1S/C4H10O2.2C3HF7O3S/c1-4(6)2-3-5;2*4-1(2(5,6)7,3(8,9)10)14(11,12)13/h4-6H,2-3H2,1H3;2*(H,11,12,13). The summed E-state index contributed by atoms with van der Waals surface area (Å²) in [6.07, 6.45) is -27.1. The van der Waals surface area contributed by atoms with Crippen LogP contribution in [0.4, 0.5) is 61.5 Å². The van der Waals surface area contributed by atoms with Gasteiger partial charge in [0, 0.05) is 6.61 Å². The van der Waals surface area contributed by atoms with E-state index in [0.29, 0.717) is 6.42 Å². The van der Waals surface area contributed by atoms with Crippen LogP contribution in [0.25, 0.3) is 0 Å². The van der Waals surface area contributed by atoms with Crippen molar-refractivity contribution in [3.05, 3.63) is 0 Å². The topological polar surface area (TPSA) is 149 Å². The molecule has 0 aromatic heterocycles. The lowest BCUT2D eigenvalue weighted by atomic mass is 10.3. The van der Waals surface area contributed by atoms with Crippen LogP contribution in [-0.2, 0) is 20.2 Å². The first-order chi connectivity index (χ1) is 14.3. The third-order valence-electron chi connectivity index (χ3n) is 2.72. The van der Waals surface area contributed by atoms with Gasteiger partial charge in [-0.2, -0.15) is 69.5 Å². The summed E-state index contributed by atoms with van der Waals surface area (Å²) in [5, 5.41) is 3.15. The van der Waals surface area contributed by atoms with Gasteiger partial charge >= 0.3 is 54.9 Å². The second kappa shape index (κ2) is 11.2. The second-order valence-electron chi connectivity index (χ2n) is 5.49. The number of rotatable bonds is 4. The molecule has 0 rings (SSSR count). The molecule has 1 unspecified atom stereocenters. The molecule has 0 spiro atoms. The maximum atomic E-state index is 12.2. The lowest BCUT2D eigenvalue weighted by Gasteiger charge is -2.26. The van der Waals surface area contributed by atoms with Crippen LogP contribution in [0.15, 0.2) is 0 Å². The average Bonchev–Trinajstić information content (AvgIpc) is 2.47. The van der Waals surface area contributed by atoms with E-state index in [0.717, 1.165) is 0 Å². The van der Waals surface area contributed by atoms with Crippen molar-refractivity contribution >= 4 is 20.2 Å². The summed E-state index contributed by atoms with van der Waals surface area (Å²) in [7, 11) is -14.0. The van der Waals surface area contributed by atoms with Gasteiger partial charge in [0.25, 0.3) is 0 Å². The van der Waals surface area contributed by atoms with Crippen LogP contribution in [0, 0.1) is 0 Å². The summed E-state index contributed by atoms with van der Waals surface area (Å²) >= 11 is 0. The molecule has 0 saturated carbocycles. The minimum atomic E-state index is -7.00. The molecule has 8 nitrogen and oxygen atoms in total. The molecule has 0 radical (unpaired) electrons. The van der Waals surface area contributed by atoms with E-state index in [2.05, 4.69) is 0 Å². The van der Waals surface area contributed by atoms with Gasteiger partial charge in [-0.25, -0.2) is 8.78 Å². The first-order valence-corrected chi connectivity index (χ1v) is 10.0. The van der Waals surface area contributed by atoms with E-state index < -0.39 is 54.9 Å². The number of halogens is 14. The van der Waals surface area contributed by atoms with Crippen molar-refractivity contribution in [1.82, 2.24) is 0 Å². The van der Waals surface area contributed by atoms with Gasteiger partial charge in [-0.05, 0) is 13.3 Å². The number of hydrogen-bond acceptors (Lipinski definition) is 6. The van der Waals surface area contributed by atoms with Gasteiger partial charge in [-0.15, -0.1) is 0 Å². The molecule has 1 atom stereocenters. The van der Waals surface area contributed by atoms with Crippen molar-refractivity contribution in [2.45, 2.75) is 54.2 Å². The Labute approximate surface area is 179 Å². The zero-order chi connectivity index (χ0) is 29.0. The number of aliphatic hydroxyl groups excluding tert-OH is 2. The Hall–Kier alpha value is -1.24. The smallest absolute Gasteiger partial charge is 0.396 e. The molecule has 210 valence electrons. The monoisotopic (exact) mass is 590 g/mol. The van der Waals surface area contributed by atoms with Gasteiger partial charge in [0.05, 0.1) is 6.10 Å². The molecule has 34 heavy (non-hydrogen) atoms. The number of alkyl halides is 14. The Kier molecular flexibility index (Phi) is 12.3. The Morgan fingerprint density at radius 3 is 0.765 bits per heavy atom. The molecule has 0 aliphatic rings. The molecule has 0 fully saturated rings. The van der Waals surface area contributed by atoms with Crippen molar-refractivity contribution in [2.75, 3.05) is 6.61 Å². The van der Waals surface area contributed by atoms with Crippen molar-refractivity contribution in [3.8, 4) is 0 Å². The van der Waals surface area contributed by atoms with Gasteiger partial charge in [0.15, 0.2) is 0 Å². The highest BCUT2D eigenvalue weighted by molar-refractivity contribution is 7.87. The molecule has 0 heterocycles. The fourth-order valence-electron chi connectivity index (χ4n) is 1.09. The fourth-order valence-corrected chi connectivity index (χ4v) is 2.26. The Balaban J connectivity index is -0.000000458. The molecular formula is C10H12F14O8S2. The first-order valence-electron chi connectivity index (χ1n) is 7.15. The molecule has 4 N–H and O–H groups in total. The quantitative estimate of drug-likeness (QED) is 0.289.